The Morgan fingerprint density at radius 2 is 1.83 bits per heavy atom. The number of nitrogens with zero attached hydrogens (tertiary/aromatic N) is 2. The highest BCUT2D eigenvalue weighted by molar-refractivity contribution is 7.14. The van der Waals surface area contributed by atoms with Gasteiger partial charge in [0.25, 0.3) is 5.91 Å². The average Bonchev–Trinajstić information content (AvgIpc) is 3.35. The summed E-state index contributed by atoms with van der Waals surface area (Å²) < 4.78 is 11.4. The van der Waals surface area contributed by atoms with Crippen LogP contribution in [0.25, 0.3) is 11.3 Å². The molecule has 7 nitrogen and oxygen atoms in total. The van der Waals surface area contributed by atoms with Gasteiger partial charge in [0.1, 0.15) is 0 Å². The Labute approximate surface area is 208 Å². The summed E-state index contributed by atoms with van der Waals surface area (Å²) >= 11 is 1.49. The highest BCUT2D eigenvalue weighted by atomic mass is 32.1. The van der Waals surface area contributed by atoms with Crippen molar-refractivity contribution in [3.05, 3.63) is 89.3 Å². The van der Waals surface area contributed by atoms with Crippen molar-refractivity contribution in [2.75, 3.05) is 24.0 Å². The Balaban J connectivity index is 1.36. The van der Waals surface area contributed by atoms with Crippen LogP contribution in [-0.2, 0) is 4.79 Å². The summed E-state index contributed by atoms with van der Waals surface area (Å²) in [4.78, 5) is 16.9. The average molecular weight is 487 g/mol. The quantitative estimate of drug-likeness (QED) is 0.213. The van der Waals surface area contributed by atoms with E-state index >= 15 is 0 Å². The molecule has 3 aromatic carbocycles. The van der Waals surface area contributed by atoms with Gasteiger partial charge in [0.15, 0.2) is 18.1 Å². The molecule has 0 radical (unpaired) electrons. The maximum atomic E-state index is 12.3. The number of aryl methyl sites for hydroxylation is 1. The molecule has 4 rings (SSSR count). The molecule has 0 unspecified atom stereocenters. The number of aromatic nitrogens is 1. The molecule has 0 aliphatic carbocycles. The fourth-order valence-electron chi connectivity index (χ4n) is 3.26. The minimum Gasteiger partial charge on any atom is -0.490 e. The number of hydrogen-bond acceptors (Lipinski definition) is 7. The number of hydrazone groups is 1. The third-order valence-electron chi connectivity index (χ3n) is 4.99. The molecule has 2 N–H and O–H groups in total. The first-order chi connectivity index (χ1) is 17.1. The fraction of sp³-hybridized carbons (Fsp3) is 0.148. The number of hydrogen-bond donors (Lipinski definition) is 2. The molecule has 1 aromatic heterocycles. The Bertz CT molecular complexity index is 1300. The summed E-state index contributed by atoms with van der Waals surface area (Å²) in [7, 11) is 0. The topological polar surface area (TPSA) is 84.8 Å². The number of carbonyl (C=O) groups is 1. The van der Waals surface area contributed by atoms with Crippen LogP contribution in [0.1, 0.15) is 18.1 Å². The van der Waals surface area contributed by atoms with E-state index in [1.54, 1.807) is 12.3 Å². The monoisotopic (exact) mass is 486 g/mol. The lowest BCUT2D eigenvalue weighted by molar-refractivity contribution is -0.118. The second-order valence-electron chi connectivity index (χ2n) is 7.56. The molecule has 1 amide bonds. The maximum Gasteiger partial charge on any atom is 0.262 e. The normalized spacial score (nSPS) is 10.8. The third-order valence-corrected chi connectivity index (χ3v) is 5.74. The van der Waals surface area contributed by atoms with Gasteiger partial charge in [-0.15, -0.1) is 11.3 Å². The molecular weight excluding hydrogens is 460 g/mol. The third kappa shape index (κ3) is 6.68. The largest absolute Gasteiger partial charge is 0.490 e. The van der Waals surface area contributed by atoms with Crippen LogP contribution in [0, 0.1) is 6.92 Å². The minimum absolute atomic E-state index is 0.128. The van der Waals surface area contributed by atoms with Gasteiger partial charge in [-0.25, -0.2) is 4.98 Å². The Morgan fingerprint density at radius 1 is 1.03 bits per heavy atom. The molecule has 0 bridgehead atoms. The van der Waals surface area contributed by atoms with Crippen molar-refractivity contribution in [1.82, 2.24) is 4.98 Å². The van der Waals surface area contributed by atoms with Crippen LogP contribution < -0.4 is 20.2 Å². The second-order valence-corrected chi connectivity index (χ2v) is 8.42. The lowest BCUT2D eigenvalue weighted by atomic mass is 10.2. The molecule has 0 fully saturated rings. The standard InChI is InChI=1S/C27H26N4O3S/c1-3-33-25-15-20(16-28-31-27-30-23(18-35-27)21-10-5-4-6-11-21)13-14-24(25)34-17-26(32)29-22-12-8-7-9-19(22)2/h4-16,18H,3,17H2,1-2H3,(H,29,32)(H,30,31). The SMILES string of the molecule is CCOc1cc(C=NNc2nc(-c3ccccc3)cs2)ccc1OCC(=O)Nc1ccccc1C. The van der Waals surface area contributed by atoms with E-state index in [0.29, 0.717) is 23.2 Å². The summed E-state index contributed by atoms with van der Waals surface area (Å²) in [6.07, 6.45) is 1.68. The minimum atomic E-state index is -0.241. The van der Waals surface area contributed by atoms with Crippen molar-refractivity contribution < 1.29 is 14.3 Å². The molecule has 0 atom stereocenters. The van der Waals surface area contributed by atoms with Gasteiger partial charge in [0.2, 0.25) is 5.13 Å². The van der Waals surface area contributed by atoms with Gasteiger partial charge in [0.05, 0.1) is 18.5 Å². The number of nitrogens with one attached hydrogen (secondary N) is 2. The zero-order valence-corrected chi connectivity index (χ0v) is 20.3. The zero-order valence-electron chi connectivity index (χ0n) is 19.5. The van der Waals surface area contributed by atoms with E-state index in [0.717, 1.165) is 28.1 Å². The molecule has 0 aliphatic rings. The van der Waals surface area contributed by atoms with E-state index < -0.39 is 0 Å². The highest BCUT2D eigenvalue weighted by Crippen LogP contribution is 2.28. The smallest absolute Gasteiger partial charge is 0.262 e. The van der Waals surface area contributed by atoms with Crippen LogP contribution in [0.3, 0.4) is 0 Å². The van der Waals surface area contributed by atoms with Gasteiger partial charge in [-0.3, -0.25) is 10.2 Å². The number of amides is 1. The molecule has 1 heterocycles. The summed E-state index contributed by atoms with van der Waals surface area (Å²) in [5.74, 6) is 0.792. The van der Waals surface area contributed by atoms with Crippen molar-refractivity contribution >= 4 is 34.3 Å². The molecule has 0 saturated carbocycles. The number of para-hydroxylation sites is 1. The molecule has 8 heteroatoms. The van der Waals surface area contributed by atoms with E-state index in [-0.39, 0.29) is 12.5 Å². The van der Waals surface area contributed by atoms with E-state index in [9.17, 15) is 4.79 Å². The number of benzene rings is 3. The van der Waals surface area contributed by atoms with Crippen LogP contribution in [-0.4, -0.2) is 30.3 Å². The van der Waals surface area contributed by atoms with E-state index in [2.05, 4.69) is 20.8 Å². The lowest BCUT2D eigenvalue weighted by Crippen LogP contribution is -2.20. The molecule has 4 aromatic rings. The number of thiazole rings is 1. The van der Waals surface area contributed by atoms with Gasteiger partial charge in [-0.2, -0.15) is 5.10 Å². The molecule has 178 valence electrons. The molecule has 35 heavy (non-hydrogen) atoms. The van der Waals surface area contributed by atoms with Crippen LogP contribution in [0.15, 0.2) is 83.3 Å². The summed E-state index contributed by atoms with van der Waals surface area (Å²) in [6.45, 7) is 4.17. The van der Waals surface area contributed by atoms with E-state index in [1.165, 1.54) is 11.3 Å². The first kappa shape index (κ1) is 24.0. The molecule has 0 spiro atoms. The molecule has 0 saturated heterocycles. The number of carbonyl (C=O) groups excluding carboxylic acids is 1. The van der Waals surface area contributed by atoms with Gasteiger partial charge < -0.3 is 14.8 Å². The number of anilines is 2. The van der Waals surface area contributed by atoms with Crippen LogP contribution in [0.5, 0.6) is 11.5 Å². The lowest BCUT2D eigenvalue weighted by Gasteiger charge is -2.13. The van der Waals surface area contributed by atoms with Gasteiger partial charge in [-0.05, 0) is 49.2 Å². The van der Waals surface area contributed by atoms with Crippen molar-refractivity contribution in [1.29, 1.82) is 0 Å². The number of ether oxygens (including phenoxy) is 2. The van der Waals surface area contributed by atoms with Gasteiger partial charge in [-0.1, -0.05) is 48.5 Å². The Kier molecular flexibility index (Phi) is 8.08. The Morgan fingerprint density at radius 3 is 2.63 bits per heavy atom. The zero-order chi connectivity index (χ0) is 24.5. The molecule has 0 aliphatic heterocycles. The molecular formula is C27H26N4O3S. The predicted octanol–water partition coefficient (Wildman–Crippen LogP) is 5.98. The van der Waals surface area contributed by atoms with Crippen molar-refractivity contribution in [2.24, 2.45) is 5.10 Å². The van der Waals surface area contributed by atoms with Crippen LogP contribution in [0.4, 0.5) is 10.8 Å². The summed E-state index contributed by atoms with van der Waals surface area (Å²) in [6, 6.07) is 23.0. The summed E-state index contributed by atoms with van der Waals surface area (Å²) in [5.41, 5.74) is 7.50. The van der Waals surface area contributed by atoms with Crippen molar-refractivity contribution in [2.45, 2.75) is 13.8 Å². The van der Waals surface area contributed by atoms with Crippen molar-refractivity contribution in [3.8, 4) is 22.8 Å². The number of rotatable bonds is 10. The second kappa shape index (κ2) is 11.8. The van der Waals surface area contributed by atoms with Crippen molar-refractivity contribution in [3.63, 3.8) is 0 Å². The Hall–Kier alpha value is -4.17. The first-order valence-electron chi connectivity index (χ1n) is 11.2. The fourth-order valence-corrected chi connectivity index (χ4v) is 3.93. The van der Waals surface area contributed by atoms with Crippen LogP contribution >= 0.6 is 11.3 Å². The highest BCUT2D eigenvalue weighted by Gasteiger charge is 2.10. The van der Waals surface area contributed by atoms with Gasteiger partial charge >= 0.3 is 0 Å². The summed E-state index contributed by atoms with van der Waals surface area (Å²) in [5, 5.41) is 9.84. The van der Waals surface area contributed by atoms with E-state index in [4.69, 9.17) is 9.47 Å². The predicted molar refractivity (Wildman–Crippen MR) is 142 cm³/mol. The first-order valence-corrected chi connectivity index (χ1v) is 12.1. The van der Waals surface area contributed by atoms with Crippen LogP contribution in [0.2, 0.25) is 0 Å². The van der Waals surface area contributed by atoms with Gasteiger partial charge in [0, 0.05) is 16.6 Å². The van der Waals surface area contributed by atoms with E-state index in [1.807, 2.05) is 86.0 Å². The maximum absolute atomic E-state index is 12.3.